The van der Waals surface area contributed by atoms with Gasteiger partial charge in [0, 0.05) is 52.0 Å². The quantitative estimate of drug-likeness (QED) is 0.118. The first-order valence-corrected chi connectivity index (χ1v) is 15.9. The molecule has 0 fully saturated rings. The van der Waals surface area contributed by atoms with Gasteiger partial charge in [-0.2, -0.15) is 0 Å². The van der Waals surface area contributed by atoms with Gasteiger partial charge in [0.2, 0.25) is 0 Å². The number of imide groups is 1. The normalized spacial score (nSPS) is 13.3. The number of carbonyl (C=O) groups is 2. The summed E-state index contributed by atoms with van der Waals surface area (Å²) in [6.45, 7) is 1.10. The molecule has 1 aliphatic heterocycles. The van der Waals surface area contributed by atoms with Crippen LogP contribution in [-0.2, 0) is 15.2 Å². The minimum atomic E-state index is -1.06. The van der Waals surface area contributed by atoms with E-state index in [1.807, 2.05) is 110 Å². The van der Waals surface area contributed by atoms with Crippen molar-refractivity contribution < 1.29 is 19.1 Å². The Morgan fingerprint density at radius 1 is 0.646 bits per heavy atom. The highest BCUT2D eigenvalue weighted by molar-refractivity contribution is 6.50. The maximum absolute atomic E-state index is 13.6. The van der Waals surface area contributed by atoms with E-state index < -0.39 is 17.4 Å². The van der Waals surface area contributed by atoms with Gasteiger partial charge in [-0.1, -0.05) is 109 Å². The van der Waals surface area contributed by atoms with Crippen molar-refractivity contribution in [1.29, 1.82) is 0 Å². The second-order valence-corrected chi connectivity index (χ2v) is 12.0. The fraction of sp³-hybridized carbons (Fsp3) is 0.122. The Labute approximate surface area is 279 Å². The number of hydrogen-bond acceptors (Lipinski definition) is 5. The molecule has 2 amide bonds. The molecule has 1 aliphatic rings. The molecule has 0 spiro atoms. The number of nitrogens with zero attached hydrogens (tertiary/aromatic N) is 1. The molecule has 7 nitrogen and oxygen atoms in total. The zero-order valence-corrected chi connectivity index (χ0v) is 26.8. The first-order chi connectivity index (χ1) is 23.4. The van der Waals surface area contributed by atoms with Gasteiger partial charge in [-0.05, 0) is 37.9 Å². The number of aromatic nitrogens is 1. The van der Waals surface area contributed by atoms with Crippen molar-refractivity contribution in [3.05, 3.63) is 167 Å². The first-order valence-electron chi connectivity index (χ1n) is 15.9. The Morgan fingerprint density at radius 2 is 1.19 bits per heavy atom. The molecule has 238 valence electrons. The number of ether oxygens (including phenoxy) is 2. The lowest BCUT2D eigenvalue weighted by molar-refractivity contribution is -0.122. The van der Waals surface area contributed by atoms with E-state index in [9.17, 15) is 9.59 Å². The van der Waals surface area contributed by atoms with E-state index in [1.165, 1.54) is 0 Å². The third-order valence-corrected chi connectivity index (χ3v) is 8.58. The topological polar surface area (TPSA) is 83.7 Å². The second kappa shape index (κ2) is 13.1. The molecular formula is C41H35N3O4. The van der Waals surface area contributed by atoms with Crippen LogP contribution in [0.3, 0.4) is 0 Å². The number of benzene rings is 5. The van der Waals surface area contributed by atoms with E-state index in [2.05, 4.69) is 46.7 Å². The van der Waals surface area contributed by atoms with E-state index in [1.54, 1.807) is 12.3 Å². The van der Waals surface area contributed by atoms with Crippen molar-refractivity contribution in [2.24, 2.45) is 0 Å². The molecule has 0 atom stereocenters. The molecular weight excluding hydrogens is 598 g/mol. The Morgan fingerprint density at radius 3 is 1.79 bits per heavy atom. The van der Waals surface area contributed by atoms with Crippen LogP contribution < -0.4 is 14.8 Å². The van der Waals surface area contributed by atoms with E-state index in [0.29, 0.717) is 41.4 Å². The predicted molar refractivity (Wildman–Crippen MR) is 189 cm³/mol. The number of rotatable bonds is 11. The van der Waals surface area contributed by atoms with Gasteiger partial charge in [0.25, 0.3) is 11.8 Å². The maximum Gasteiger partial charge on any atom is 0.259 e. The lowest BCUT2D eigenvalue weighted by Gasteiger charge is -2.36. The molecule has 0 aliphatic carbocycles. The molecule has 1 aromatic heterocycles. The van der Waals surface area contributed by atoms with Gasteiger partial charge >= 0.3 is 0 Å². The van der Waals surface area contributed by atoms with Gasteiger partial charge in [0.05, 0.1) is 11.1 Å². The third-order valence-electron chi connectivity index (χ3n) is 8.58. The number of carbonyl (C=O) groups excluding carboxylic acids is 2. The molecule has 5 aromatic carbocycles. The summed E-state index contributed by atoms with van der Waals surface area (Å²) in [6, 6.07) is 43.5. The molecule has 2 N–H and O–H groups in total. The number of para-hydroxylation sites is 1. The lowest BCUT2D eigenvalue weighted by Crippen LogP contribution is -2.36. The molecule has 7 heteroatoms. The highest BCUT2D eigenvalue weighted by Gasteiger charge is 2.40. The molecule has 0 radical (unpaired) electrons. The van der Waals surface area contributed by atoms with Crippen LogP contribution in [0.25, 0.3) is 22.0 Å². The van der Waals surface area contributed by atoms with Crippen molar-refractivity contribution >= 4 is 33.9 Å². The molecule has 0 bridgehead atoms. The summed E-state index contributed by atoms with van der Waals surface area (Å²) in [6.07, 6.45) is 1.78. The Bertz CT molecular complexity index is 2020. The van der Waals surface area contributed by atoms with E-state index in [-0.39, 0.29) is 5.57 Å². The van der Waals surface area contributed by atoms with Crippen molar-refractivity contribution in [3.63, 3.8) is 0 Å². The minimum Gasteiger partial charge on any atom is -0.492 e. The zero-order valence-electron chi connectivity index (χ0n) is 26.8. The summed E-state index contributed by atoms with van der Waals surface area (Å²) in [4.78, 5) is 32.3. The molecule has 7 rings (SSSR count). The Kier molecular flexibility index (Phi) is 8.36. The van der Waals surface area contributed by atoms with Gasteiger partial charge < -0.3 is 19.4 Å². The highest BCUT2D eigenvalue weighted by atomic mass is 16.5. The van der Waals surface area contributed by atoms with Crippen molar-refractivity contribution in [2.75, 3.05) is 27.2 Å². The standard InChI is InChI=1S/C41H35N3O4/c1-44(2)22-23-47-32-24-28(37-38(40(46)43-39(37)45)35-27-42-36-21-13-12-20-34(35)36)25-33(26-32)48-41(29-14-6-3-7-15-29,30-16-8-4-9-17-30)31-18-10-5-11-19-31/h3-21,24-27,42H,22-23H2,1-2H3,(H,43,45,46). The number of hydrogen-bond donors (Lipinski definition) is 2. The SMILES string of the molecule is CN(C)CCOc1cc(OC(c2ccccc2)(c2ccccc2)c2ccccc2)cc(C2=C(c3c[nH]c4ccccc34)C(=O)NC2=O)c1. The monoisotopic (exact) mass is 633 g/mol. The molecule has 0 saturated carbocycles. The van der Waals surface area contributed by atoms with Crippen LogP contribution in [0.15, 0.2) is 140 Å². The van der Waals surface area contributed by atoms with Crippen LogP contribution in [0.5, 0.6) is 11.5 Å². The summed E-state index contributed by atoms with van der Waals surface area (Å²) < 4.78 is 13.5. The van der Waals surface area contributed by atoms with Crippen molar-refractivity contribution in [2.45, 2.75) is 5.60 Å². The summed E-state index contributed by atoms with van der Waals surface area (Å²) in [5.41, 5.74) is 4.31. The lowest BCUT2D eigenvalue weighted by atomic mass is 9.80. The maximum atomic E-state index is 13.6. The van der Waals surface area contributed by atoms with Gasteiger partial charge in [-0.3, -0.25) is 14.9 Å². The number of fused-ring (bicyclic) bond motifs is 1. The average molecular weight is 634 g/mol. The largest absolute Gasteiger partial charge is 0.492 e. The van der Waals surface area contributed by atoms with E-state index in [0.717, 1.165) is 27.6 Å². The molecule has 2 heterocycles. The number of aromatic amines is 1. The van der Waals surface area contributed by atoms with Crippen LogP contribution in [0.1, 0.15) is 27.8 Å². The number of amides is 2. The van der Waals surface area contributed by atoms with Crippen LogP contribution in [0.4, 0.5) is 0 Å². The van der Waals surface area contributed by atoms with Crippen LogP contribution in [0.2, 0.25) is 0 Å². The van der Waals surface area contributed by atoms with Gasteiger partial charge in [-0.15, -0.1) is 0 Å². The summed E-state index contributed by atoms with van der Waals surface area (Å²) in [7, 11) is 3.96. The summed E-state index contributed by atoms with van der Waals surface area (Å²) >= 11 is 0. The van der Waals surface area contributed by atoms with Crippen molar-refractivity contribution in [1.82, 2.24) is 15.2 Å². The number of nitrogens with one attached hydrogen (secondary N) is 2. The Balaban J connectivity index is 1.45. The summed E-state index contributed by atoms with van der Waals surface area (Å²) in [5.74, 6) is 0.0673. The smallest absolute Gasteiger partial charge is 0.259 e. The van der Waals surface area contributed by atoms with E-state index >= 15 is 0 Å². The molecule has 0 unspecified atom stereocenters. The fourth-order valence-electron chi connectivity index (χ4n) is 6.34. The van der Waals surface area contributed by atoms with Crippen LogP contribution >= 0.6 is 0 Å². The third kappa shape index (κ3) is 5.76. The highest BCUT2D eigenvalue weighted by Crippen LogP contribution is 2.44. The van der Waals surface area contributed by atoms with Gasteiger partial charge in [0.15, 0.2) is 5.60 Å². The van der Waals surface area contributed by atoms with E-state index in [4.69, 9.17) is 9.47 Å². The van der Waals surface area contributed by atoms with Crippen LogP contribution in [0, 0.1) is 0 Å². The van der Waals surface area contributed by atoms with Crippen LogP contribution in [-0.4, -0.2) is 48.9 Å². The fourth-order valence-corrected chi connectivity index (χ4v) is 6.34. The molecule has 6 aromatic rings. The number of H-pyrrole nitrogens is 1. The predicted octanol–water partition coefficient (Wildman–Crippen LogP) is 7.05. The summed E-state index contributed by atoms with van der Waals surface area (Å²) in [5, 5.41) is 3.39. The molecule has 48 heavy (non-hydrogen) atoms. The first kappa shape index (κ1) is 30.7. The average Bonchev–Trinajstić information content (AvgIpc) is 3.67. The molecule has 0 saturated heterocycles. The Hall–Kier alpha value is -5.92. The van der Waals surface area contributed by atoms with Gasteiger partial charge in [0.1, 0.15) is 18.1 Å². The minimum absolute atomic E-state index is 0.261. The van der Waals surface area contributed by atoms with Gasteiger partial charge in [-0.25, -0.2) is 0 Å². The zero-order chi connectivity index (χ0) is 33.1. The number of likely N-dealkylation sites (N-methyl/N-ethyl adjacent to an activating group) is 1. The second-order valence-electron chi connectivity index (χ2n) is 12.0. The van der Waals surface area contributed by atoms with Crippen molar-refractivity contribution in [3.8, 4) is 11.5 Å².